The van der Waals surface area contributed by atoms with Gasteiger partial charge in [0.1, 0.15) is 10.8 Å². The predicted molar refractivity (Wildman–Crippen MR) is 72.1 cm³/mol. The van der Waals surface area contributed by atoms with Crippen LogP contribution in [0.25, 0.3) is 0 Å². The molecule has 92 valence electrons. The third kappa shape index (κ3) is 3.06. The van der Waals surface area contributed by atoms with Gasteiger partial charge >= 0.3 is 0 Å². The number of hydrogen-bond donors (Lipinski definition) is 0. The zero-order valence-corrected chi connectivity index (χ0v) is 11.6. The van der Waals surface area contributed by atoms with Gasteiger partial charge in [0.15, 0.2) is 0 Å². The van der Waals surface area contributed by atoms with Gasteiger partial charge < -0.3 is 4.90 Å². The molecule has 1 aromatic rings. The van der Waals surface area contributed by atoms with Crippen molar-refractivity contribution >= 4 is 40.9 Å². The molecule has 2 rings (SSSR count). The monoisotopic (exact) mass is 290 g/mol. The lowest BCUT2D eigenvalue weighted by Crippen LogP contribution is -2.41. The topological polar surface area (TPSA) is 33.2 Å². The van der Waals surface area contributed by atoms with E-state index in [9.17, 15) is 4.79 Å². The highest BCUT2D eigenvalue weighted by atomic mass is 35.5. The Morgan fingerprint density at radius 1 is 1.53 bits per heavy atom. The average molecular weight is 291 g/mol. The van der Waals surface area contributed by atoms with Crippen molar-refractivity contribution in [2.45, 2.75) is 12.2 Å². The maximum atomic E-state index is 12.2. The molecule has 3 nitrogen and oxygen atoms in total. The fourth-order valence-corrected chi connectivity index (χ4v) is 3.07. The number of thioether (sulfide) groups is 1. The fourth-order valence-electron chi connectivity index (χ4n) is 1.72. The maximum Gasteiger partial charge on any atom is 0.274 e. The van der Waals surface area contributed by atoms with Crippen LogP contribution in [0.4, 0.5) is 0 Å². The maximum absolute atomic E-state index is 12.2. The van der Waals surface area contributed by atoms with Gasteiger partial charge in [-0.1, -0.05) is 30.1 Å². The second-order valence-electron chi connectivity index (χ2n) is 3.90. The zero-order valence-electron chi connectivity index (χ0n) is 9.32. The number of rotatable bonds is 1. The predicted octanol–water partition coefficient (Wildman–Crippen LogP) is 2.97. The Hall–Kier alpha value is -0.450. The molecule has 1 aliphatic rings. The molecule has 2 heterocycles. The smallest absolute Gasteiger partial charge is 0.274 e. The van der Waals surface area contributed by atoms with E-state index in [1.54, 1.807) is 17.0 Å². The molecule has 1 saturated heterocycles. The third-order valence-corrected chi connectivity index (χ3v) is 4.19. The van der Waals surface area contributed by atoms with Crippen LogP contribution in [0.1, 0.15) is 17.4 Å². The van der Waals surface area contributed by atoms with Crippen molar-refractivity contribution in [3.8, 4) is 0 Å². The highest BCUT2D eigenvalue weighted by Gasteiger charge is 2.25. The summed E-state index contributed by atoms with van der Waals surface area (Å²) in [4.78, 5) is 18.0. The van der Waals surface area contributed by atoms with Crippen LogP contribution >= 0.6 is 35.0 Å². The number of carbonyl (C=O) groups is 1. The molecule has 1 aromatic heterocycles. The van der Waals surface area contributed by atoms with E-state index >= 15 is 0 Å². The molecule has 6 heteroatoms. The molecule has 0 aliphatic carbocycles. The summed E-state index contributed by atoms with van der Waals surface area (Å²) < 4.78 is 0. The van der Waals surface area contributed by atoms with Gasteiger partial charge in [-0.25, -0.2) is 4.98 Å². The number of hydrogen-bond acceptors (Lipinski definition) is 3. The van der Waals surface area contributed by atoms with Crippen molar-refractivity contribution in [2.75, 3.05) is 18.8 Å². The van der Waals surface area contributed by atoms with Crippen molar-refractivity contribution in [2.24, 2.45) is 0 Å². The minimum Gasteiger partial charge on any atom is -0.335 e. The zero-order chi connectivity index (χ0) is 12.4. The highest BCUT2D eigenvalue weighted by Crippen LogP contribution is 2.22. The van der Waals surface area contributed by atoms with E-state index in [0.717, 1.165) is 18.8 Å². The minimum absolute atomic E-state index is 0.135. The Morgan fingerprint density at radius 2 is 2.29 bits per heavy atom. The van der Waals surface area contributed by atoms with Crippen LogP contribution < -0.4 is 0 Å². The van der Waals surface area contributed by atoms with E-state index in [1.165, 1.54) is 0 Å². The van der Waals surface area contributed by atoms with E-state index in [2.05, 4.69) is 11.9 Å². The molecule has 0 spiro atoms. The summed E-state index contributed by atoms with van der Waals surface area (Å²) >= 11 is 13.6. The van der Waals surface area contributed by atoms with E-state index in [-0.39, 0.29) is 16.8 Å². The fraction of sp³-hybridized carbons (Fsp3) is 0.455. The number of carbonyl (C=O) groups excluding carboxylic acids is 1. The van der Waals surface area contributed by atoms with Crippen LogP contribution in [0.5, 0.6) is 0 Å². The number of halogens is 2. The summed E-state index contributed by atoms with van der Waals surface area (Å²) in [5.74, 6) is 0.815. The Morgan fingerprint density at radius 3 is 3.00 bits per heavy atom. The van der Waals surface area contributed by atoms with Gasteiger partial charge in [0, 0.05) is 24.1 Å². The van der Waals surface area contributed by atoms with Crippen molar-refractivity contribution in [1.82, 2.24) is 9.88 Å². The first-order chi connectivity index (χ1) is 8.08. The molecule has 0 bridgehead atoms. The van der Waals surface area contributed by atoms with Gasteiger partial charge in [0.05, 0.1) is 5.02 Å². The number of pyridine rings is 1. The molecule has 0 radical (unpaired) electrons. The van der Waals surface area contributed by atoms with Crippen LogP contribution in [-0.2, 0) is 0 Å². The Balaban J connectivity index is 2.21. The van der Waals surface area contributed by atoms with Gasteiger partial charge in [-0.3, -0.25) is 4.79 Å². The van der Waals surface area contributed by atoms with E-state index < -0.39 is 0 Å². The molecular formula is C11H12Cl2N2OS. The minimum atomic E-state index is -0.135. The van der Waals surface area contributed by atoms with Crippen LogP contribution in [0.15, 0.2) is 12.1 Å². The first kappa shape index (κ1) is 13.0. The summed E-state index contributed by atoms with van der Waals surface area (Å²) in [6.45, 7) is 3.57. The lowest BCUT2D eigenvalue weighted by molar-refractivity contribution is 0.0757. The second-order valence-corrected chi connectivity index (χ2v) is 6.24. The third-order valence-electron chi connectivity index (χ3n) is 2.54. The lowest BCUT2D eigenvalue weighted by Gasteiger charge is -2.30. The average Bonchev–Trinajstić information content (AvgIpc) is 2.31. The molecule has 1 unspecified atom stereocenters. The van der Waals surface area contributed by atoms with Gasteiger partial charge in [-0.2, -0.15) is 11.8 Å². The molecule has 1 aliphatic heterocycles. The van der Waals surface area contributed by atoms with E-state index in [0.29, 0.717) is 10.3 Å². The van der Waals surface area contributed by atoms with Gasteiger partial charge in [0.2, 0.25) is 0 Å². The SMILES string of the molecule is CC1CN(C(=O)c2nc(Cl)ccc2Cl)CCS1. The van der Waals surface area contributed by atoms with Crippen LogP contribution in [0.2, 0.25) is 10.2 Å². The summed E-state index contributed by atoms with van der Waals surface area (Å²) in [6, 6.07) is 3.18. The number of amides is 1. The van der Waals surface area contributed by atoms with Crippen molar-refractivity contribution in [3.63, 3.8) is 0 Å². The number of nitrogens with zero attached hydrogens (tertiary/aromatic N) is 2. The largest absolute Gasteiger partial charge is 0.335 e. The van der Waals surface area contributed by atoms with Crippen molar-refractivity contribution in [1.29, 1.82) is 0 Å². The van der Waals surface area contributed by atoms with Gasteiger partial charge in [0.25, 0.3) is 5.91 Å². The molecule has 1 fully saturated rings. The van der Waals surface area contributed by atoms with Gasteiger partial charge in [-0.05, 0) is 12.1 Å². The molecule has 0 saturated carbocycles. The summed E-state index contributed by atoms with van der Waals surface area (Å²) in [7, 11) is 0. The summed E-state index contributed by atoms with van der Waals surface area (Å²) in [6.07, 6.45) is 0. The quantitative estimate of drug-likeness (QED) is 0.746. The van der Waals surface area contributed by atoms with Crippen molar-refractivity contribution < 1.29 is 4.79 Å². The number of aromatic nitrogens is 1. The van der Waals surface area contributed by atoms with Crippen molar-refractivity contribution in [3.05, 3.63) is 28.0 Å². The standard InChI is InChI=1S/C11H12Cl2N2OS/c1-7-6-15(4-5-17-7)11(16)10-8(12)2-3-9(13)14-10/h2-3,7H,4-6H2,1H3. The second kappa shape index (κ2) is 5.46. The molecular weight excluding hydrogens is 279 g/mol. The van der Waals surface area contributed by atoms with Crippen LogP contribution in [0.3, 0.4) is 0 Å². The normalized spacial score (nSPS) is 20.4. The first-order valence-electron chi connectivity index (χ1n) is 5.31. The van der Waals surface area contributed by atoms with Crippen LogP contribution in [-0.4, -0.2) is 39.9 Å². The summed E-state index contributed by atoms with van der Waals surface area (Å²) in [5.41, 5.74) is 0.248. The van der Waals surface area contributed by atoms with Crippen LogP contribution in [0, 0.1) is 0 Å². The molecule has 1 amide bonds. The molecule has 0 N–H and O–H groups in total. The Labute approximate surface area is 114 Å². The summed E-state index contributed by atoms with van der Waals surface area (Å²) in [5, 5.41) is 1.09. The lowest BCUT2D eigenvalue weighted by atomic mass is 10.3. The van der Waals surface area contributed by atoms with E-state index in [4.69, 9.17) is 23.2 Å². The molecule has 1 atom stereocenters. The molecule has 0 aromatic carbocycles. The Kier molecular flexibility index (Phi) is 4.17. The Bertz CT molecular complexity index is 441. The van der Waals surface area contributed by atoms with E-state index in [1.807, 2.05) is 11.8 Å². The molecule has 17 heavy (non-hydrogen) atoms. The first-order valence-corrected chi connectivity index (χ1v) is 7.11. The highest BCUT2D eigenvalue weighted by molar-refractivity contribution is 7.99. The van der Waals surface area contributed by atoms with Gasteiger partial charge in [-0.15, -0.1) is 0 Å².